The molecular formula is C15H9Cl2F3N2. The van der Waals surface area contributed by atoms with Crippen LogP contribution in [0.5, 0.6) is 0 Å². The van der Waals surface area contributed by atoms with Crippen LogP contribution in [0.25, 0.3) is 0 Å². The molecule has 1 N–H and O–H groups in total. The number of rotatable bonds is 1. The Kier molecular flexibility index (Phi) is 3.70. The number of hydrogen-bond acceptors (Lipinski definition) is 2. The molecule has 0 saturated heterocycles. The normalized spacial score (nSPS) is 14.2. The molecule has 7 heteroatoms. The first-order valence-corrected chi connectivity index (χ1v) is 7.01. The summed E-state index contributed by atoms with van der Waals surface area (Å²) in [6.07, 6.45) is -3.48. The summed E-state index contributed by atoms with van der Waals surface area (Å²) in [7, 11) is 0. The van der Waals surface area contributed by atoms with Crippen molar-refractivity contribution in [2.24, 2.45) is 0 Å². The third-order valence-electron chi connectivity index (χ3n) is 3.18. The molecule has 0 spiro atoms. The molecule has 0 aromatic heterocycles. The fourth-order valence-corrected chi connectivity index (χ4v) is 2.45. The monoisotopic (exact) mass is 344 g/mol. The standard InChI is InChI=1S/C15H9Cl2F3N2/c16-10-6-5-9(7-11(10)17)22-8-14(15(18,19)20)21-12-3-1-2-4-13(12)22/h1-8,21H. The summed E-state index contributed by atoms with van der Waals surface area (Å²) in [6, 6.07) is 11.4. The van der Waals surface area contributed by atoms with Crippen molar-refractivity contribution in [3.05, 3.63) is 64.4 Å². The third-order valence-corrected chi connectivity index (χ3v) is 3.92. The molecule has 2 aromatic carbocycles. The van der Waals surface area contributed by atoms with E-state index < -0.39 is 11.9 Å². The molecule has 2 nitrogen and oxygen atoms in total. The number of allylic oxidation sites excluding steroid dienone is 1. The summed E-state index contributed by atoms with van der Waals surface area (Å²) in [5.41, 5.74) is 0.597. The van der Waals surface area contributed by atoms with E-state index in [-0.39, 0.29) is 5.02 Å². The van der Waals surface area contributed by atoms with Gasteiger partial charge in [0.05, 0.1) is 21.4 Å². The van der Waals surface area contributed by atoms with Gasteiger partial charge < -0.3 is 10.2 Å². The summed E-state index contributed by atoms with van der Waals surface area (Å²) in [6.45, 7) is 0. The fraction of sp³-hybridized carbons (Fsp3) is 0.0667. The van der Waals surface area contributed by atoms with Crippen LogP contribution < -0.4 is 10.2 Å². The summed E-state index contributed by atoms with van der Waals surface area (Å²) >= 11 is 11.8. The topological polar surface area (TPSA) is 15.3 Å². The lowest BCUT2D eigenvalue weighted by Crippen LogP contribution is -2.27. The first kappa shape index (κ1) is 15.1. The number of halogens is 5. The molecule has 0 unspecified atom stereocenters. The highest BCUT2D eigenvalue weighted by atomic mass is 35.5. The smallest absolute Gasteiger partial charge is 0.349 e. The van der Waals surface area contributed by atoms with Crippen LogP contribution in [-0.2, 0) is 0 Å². The molecule has 2 aromatic rings. The van der Waals surface area contributed by atoms with E-state index in [1.165, 1.54) is 11.0 Å². The number of anilines is 3. The van der Waals surface area contributed by atoms with E-state index in [4.69, 9.17) is 23.2 Å². The zero-order valence-corrected chi connectivity index (χ0v) is 12.5. The van der Waals surface area contributed by atoms with Crippen LogP contribution in [0.4, 0.5) is 30.2 Å². The molecule has 1 heterocycles. The molecule has 1 aliphatic rings. The molecule has 22 heavy (non-hydrogen) atoms. The SMILES string of the molecule is FC(F)(F)C1=CN(c2ccc(Cl)c(Cl)c2)c2ccccc2N1. The van der Waals surface area contributed by atoms with Gasteiger partial charge in [-0.05, 0) is 30.3 Å². The van der Waals surface area contributed by atoms with Gasteiger partial charge in [-0.15, -0.1) is 0 Å². The number of nitrogens with one attached hydrogen (secondary N) is 1. The van der Waals surface area contributed by atoms with Crippen LogP contribution in [0.15, 0.2) is 54.4 Å². The molecule has 1 aliphatic heterocycles. The van der Waals surface area contributed by atoms with Crippen molar-refractivity contribution in [3.63, 3.8) is 0 Å². The molecule has 0 bridgehead atoms. The lowest BCUT2D eigenvalue weighted by atomic mass is 10.1. The summed E-state index contributed by atoms with van der Waals surface area (Å²) < 4.78 is 39.2. The highest BCUT2D eigenvalue weighted by molar-refractivity contribution is 6.42. The van der Waals surface area contributed by atoms with Crippen molar-refractivity contribution in [2.75, 3.05) is 10.2 Å². The molecule has 0 amide bonds. The second-order valence-corrected chi connectivity index (χ2v) is 5.47. The molecule has 0 fully saturated rings. The van der Waals surface area contributed by atoms with E-state index >= 15 is 0 Å². The minimum absolute atomic E-state index is 0.275. The Labute approximate surface area is 134 Å². The maximum Gasteiger partial charge on any atom is 0.432 e. The summed E-state index contributed by atoms with van der Waals surface area (Å²) in [5, 5.41) is 3.01. The Bertz CT molecular complexity index is 757. The van der Waals surface area contributed by atoms with Crippen LogP contribution in [0.1, 0.15) is 0 Å². The number of para-hydroxylation sites is 2. The molecule has 0 radical (unpaired) electrons. The number of nitrogens with zero attached hydrogens (tertiary/aromatic N) is 1. The van der Waals surface area contributed by atoms with Crippen LogP contribution >= 0.6 is 23.2 Å². The van der Waals surface area contributed by atoms with Crippen LogP contribution in [0, 0.1) is 0 Å². The van der Waals surface area contributed by atoms with E-state index in [0.29, 0.717) is 22.1 Å². The van der Waals surface area contributed by atoms with E-state index in [0.717, 1.165) is 6.20 Å². The highest BCUT2D eigenvalue weighted by Crippen LogP contribution is 2.41. The molecular weight excluding hydrogens is 336 g/mol. The van der Waals surface area contributed by atoms with Gasteiger partial charge in [0.25, 0.3) is 0 Å². The Morgan fingerprint density at radius 1 is 0.955 bits per heavy atom. The molecule has 0 aliphatic carbocycles. The second-order valence-electron chi connectivity index (χ2n) is 4.65. The predicted octanol–water partition coefficient (Wildman–Crippen LogP) is 5.96. The van der Waals surface area contributed by atoms with E-state index in [2.05, 4.69) is 5.32 Å². The van der Waals surface area contributed by atoms with Crippen molar-refractivity contribution in [1.29, 1.82) is 0 Å². The first-order valence-electron chi connectivity index (χ1n) is 6.25. The number of benzene rings is 2. The van der Waals surface area contributed by atoms with Crippen LogP contribution in [0.3, 0.4) is 0 Å². The molecule has 3 rings (SSSR count). The predicted molar refractivity (Wildman–Crippen MR) is 82.8 cm³/mol. The minimum atomic E-state index is -4.48. The van der Waals surface area contributed by atoms with Gasteiger partial charge in [-0.1, -0.05) is 35.3 Å². The largest absolute Gasteiger partial charge is 0.432 e. The average molecular weight is 345 g/mol. The Morgan fingerprint density at radius 3 is 2.36 bits per heavy atom. The quantitative estimate of drug-likeness (QED) is 0.686. The number of alkyl halides is 3. The maximum absolute atomic E-state index is 13.1. The Balaban J connectivity index is 2.14. The summed E-state index contributed by atoms with van der Waals surface area (Å²) in [5.74, 6) is 0. The highest BCUT2D eigenvalue weighted by Gasteiger charge is 2.37. The zero-order chi connectivity index (χ0) is 15.9. The Hall–Kier alpha value is -1.85. The van der Waals surface area contributed by atoms with Crippen LogP contribution in [-0.4, -0.2) is 6.18 Å². The van der Waals surface area contributed by atoms with Gasteiger partial charge in [-0.3, -0.25) is 0 Å². The van der Waals surface area contributed by atoms with Gasteiger partial charge in [0.1, 0.15) is 5.70 Å². The van der Waals surface area contributed by atoms with E-state index in [9.17, 15) is 13.2 Å². The van der Waals surface area contributed by atoms with Crippen molar-refractivity contribution in [1.82, 2.24) is 0 Å². The number of hydrogen-bond donors (Lipinski definition) is 1. The van der Waals surface area contributed by atoms with E-state index in [1.54, 1.807) is 36.4 Å². The zero-order valence-electron chi connectivity index (χ0n) is 11.0. The van der Waals surface area contributed by atoms with Gasteiger partial charge in [-0.25, -0.2) is 0 Å². The van der Waals surface area contributed by atoms with Gasteiger partial charge >= 0.3 is 6.18 Å². The third kappa shape index (κ3) is 2.74. The molecule has 114 valence electrons. The van der Waals surface area contributed by atoms with Crippen molar-refractivity contribution >= 4 is 40.3 Å². The lowest BCUT2D eigenvalue weighted by molar-refractivity contribution is -0.0905. The van der Waals surface area contributed by atoms with E-state index in [1.807, 2.05) is 0 Å². The van der Waals surface area contributed by atoms with Crippen molar-refractivity contribution in [2.45, 2.75) is 6.18 Å². The fourth-order valence-electron chi connectivity index (χ4n) is 2.16. The van der Waals surface area contributed by atoms with Crippen LogP contribution in [0.2, 0.25) is 10.0 Å². The first-order chi connectivity index (χ1) is 10.4. The summed E-state index contributed by atoms with van der Waals surface area (Å²) in [4.78, 5) is 1.43. The Morgan fingerprint density at radius 2 is 1.68 bits per heavy atom. The van der Waals surface area contributed by atoms with Gasteiger partial charge in [0.2, 0.25) is 0 Å². The average Bonchev–Trinajstić information content (AvgIpc) is 2.48. The second kappa shape index (κ2) is 5.41. The molecule has 0 saturated carbocycles. The molecule has 0 atom stereocenters. The van der Waals surface area contributed by atoms with Crippen molar-refractivity contribution < 1.29 is 13.2 Å². The van der Waals surface area contributed by atoms with Gasteiger partial charge in [0, 0.05) is 11.9 Å². The van der Waals surface area contributed by atoms with Gasteiger partial charge in [-0.2, -0.15) is 13.2 Å². The number of fused-ring (bicyclic) bond motifs is 1. The van der Waals surface area contributed by atoms with Crippen molar-refractivity contribution in [3.8, 4) is 0 Å². The lowest BCUT2D eigenvalue weighted by Gasteiger charge is -2.31. The van der Waals surface area contributed by atoms with Gasteiger partial charge in [0.15, 0.2) is 0 Å². The minimum Gasteiger partial charge on any atom is -0.349 e. The maximum atomic E-state index is 13.1.